The van der Waals surface area contributed by atoms with E-state index in [-0.39, 0.29) is 10.7 Å². The van der Waals surface area contributed by atoms with E-state index in [2.05, 4.69) is 10.0 Å². The number of sulfonamides is 1. The van der Waals surface area contributed by atoms with Crippen LogP contribution in [-0.4, -0.2) is 33.4 Å². The molecule has 10 heteroatoms. The summed E-state index contributed by atoms with van der Waals surface area (Å²) in [6.45, 7) is 4.46. The van der Waals surface area contributed by atoms with Crippen molar-refractivity contribution in [1.29, 1.82) is 5.41 Å². The Bertz CT molecular complexity index is 1250. The van der Waals surface area contributed by atoms with Crippen LogP contribution < -0.4 is 25.2 Å². The number of hydrogen-bond donors (Lipinski definition) is 4. The smallest absolute Gasteiger partial charge is 0.264 e. The van der Waals surface area contributed by atoms with Gasteiger partial charge < -0.3 is 20.5 Å². The number of nitrogens with two attached hydrogens (primary N) is 1. The van der Waals surface area contributed by atoms with Gasteiger partial charge in [-0.3, -0.25) is 10.2 Å². The fourth-order valence-corrected chi connectivity index (χ4v) is 4.34. The van der Waals surface area contributed by atoms with E-state index in [1.807, 2.05) is 13.8 Å². The van der Waals surface area contributed by atoms with E-state index in [4.69, 9.17) is 20.6 Å². The number of carbonyl (C=O) groups is 1. The van der Waals surface area contributed by atoms with Crippen molar-refractivity contribution < 1.29 is 22.7 Å². The second-order valence-electron chi connectivity index (χ2n) is 7.45. The standard InChI is InChI=1S/C25H28N4O5S/c1-3-33-20-14-18(15-21(16-20)34-4-2)23(28-19-12-10-17(11-13-19)24(26)27)25(30)29-35(31,32)22-8-6-5-7-9-22/h5-16,23,28H,3-4H2,1-2H3,(H3,26,27)(H,29,30). The molecule has 0 radical (unpaired) electrons. The molecular weight excluding hydrogens is 468 g/mol. The fourth-order valence-electron chi connectivity index (χ4n) is 3.32. The van der Waals surface area contributed by atoms with E-state index in [1.54, 1.807) is 60.7 Å². The number of nitrogen functional groups attached to an aromatic ring is 1. The number of benzene rings is 3. The Hall–Kier alpha value is -4.05. The maximum Gasteiger partial charge on any atom is 0.264 e. The first-order valence-corrected chi connectivity index (χ1v) is 12.4. The third-order valence-corrected chi connectivity index (χ3v) is 6.28. The first-order chi connectivity index (χ1) is 16.7. The van der Waals surface area contributed by atoms with Crippen molar-refractivity contribution in [1.82, 2.24) is 4.72 Å². The second-order valence-corrected chi connectivity index (χ2v) is 9.14. The number of amidine groups is 1. The summed E-state index contributed by atoms with van der Waals surface area (Å²) in [7, 11) is -4.11. The van der Waals surface area contributed by atoms with Gasteiger partial charge in [0.05, 0.1) is 18.1 Å². The largest absolute Gasteiger partial charge is 0.494 e. The zero-order chi connectivity index (χ0) is 25.4. The number of rotatable bonds is 11. The molecular formula is C25H28N4O5S. The molecule has 1 unspecified atom stereocenters. The maximum atomic E-state index is 13.4. The van der Waals surface area contributed by atoms with Gasteiger partial charge >= 0.3 is 0 Å². The molecule has 35 heavy (non-hydrogen) atoms. The number of amides is 1. The van der Waals surface area contributed by atoms with Crippen molar-refractivity contribution in [3.63, 3.8) is 0 Å². The van der Waals surface area contributed by atoms with Gasteiger partial charge in [0, 0.05) is 17.3 Å². The molecule has 1 atom stereocenters. The number of hydrogen-bond acceptors (Lipinski definition) is 7. The van der Waals surface area contributed by atoms with Crippen molar-refractivity contribution in [2.24, 2.45) is 5.73 Å². The van der Waals surface area contributed by atoms with E-state index >= 15 is 0 Å². The van der Waals surface area contributed by atoms with E-state index in [9.17, 15) is 13.2 Å². The molecule has 3 aromatic carbocycles. The maximum absolute atomic E-state index is 13.4. The molecule has 0 aromatic heterocycles. The zero-order valence-corrected chi connectivity index (χ0v) is 20.3. The number of carbonyl (C=O) groups excluding carboxylic acids is 1. The molecule has 0 heterocycles. The van der Waals surface area contributed by atoms with Gasteiger partial charge in [0.15, 0.2) is 0 Å². The lowest BCUT2D eigenvalue weighted by Gasteiger charge is -2.22. The SMILES string of the molecule is CCOc1cc(OCC)cc(C(Nc2ccc(C(=N)N)cc2)C(=O)NS(=O)(=O)c2ccccc2)c1. The Kier molecular flexibility index (Phi) is 8.32. The van der Waals surface area contributed by atoms with Crippen LogP contribution in [0.5, 0.6) is 11.5 Å². The molecule has 9 nitrogen and oxygen atoms in total. The van der Waals surface area contributed by atoms with Gasteiger partial charge in [0.25, 0.3) is 15.9 Å². The fraction of sp³-hybridized carbons (Fsp3) is 0.200. The Morgan fingerprint density at radius 3 is 2.03 bits per heavy atom. The van der Waals surface area contributed by atoms with Gasteiger partial charge in [-0.1, -0.05) is 18.2 Å². The van der Waals surface area contributed by atoms with Crippen LogP contribution in [0, 0.1) is 5.41 Å². The second kappa shape index (κ2) is 11.4. The van der Waals surface area contributed by atoms with Crippen LogP contribution in [0.4, 0.5) is 5.69 Å². The summed E-state index contributed by atoms with van der Waals surface area (Å²) in [5.41, 5.74) is 7.00. The van der Waals surface area contributed by atoms with Gasteiger partial charge in [-0.25, -0.2) is 13.1 Å². The van der Waals surface area contributed by atoms with Gasteiger partial charge in [-0.15, -0.1) is 0 Å². The molecule has 0 aliphatic rings. The minimum atomic E-state index is -4.11. The molecule has 3 aromatic rings. The summed E-state index contributed by atoms with van der Waals surface area (Å²) in [5, 5.41) is 10.6. The number of anilines is 1. The topological polar surface area (TPSA) is 144 Å². The third kappa shape index (κ3) is 6.73. The van der Waals surface area contributed by atoms with Crippen LogP contribution in [0.2, 0.25) is 0 Å². The first-order valence-electron chi connectivity index (χ1n) is 11.0. The van der Waals surface area contributed by atoms with Crippen LogP contribution in [0.1, 0.15) is 31.0 Å². The van der Waals surface area contributed by atoms with Crippen LogP contribution >= 0.6 is 0 Å². The van der Waals surface area contributed by atoms with Gasteiger partial charge in [-0.05, 0) is 67.9 Å². The van der Waals surface area contributed by atoms with Crippen LogP contribution in [-0.2, 0) is 14.8 Å². The normalized spacial score (nSPS) is 11.8. The predicted molar refractivity (Wildman–Crippen MR) is 134 cm³/mol. The van der Waals surface area contributed by atoms with Crippen molar-refractivity contribution in [2.75, 3.05) is 18.5 Å². The Morgan fingerprint density at radius 2 is 1.51 bits per heavy atom. The summed E-state index contributed by atoms with van der Waals surface area (Å²) in [6, 6.07) is 18.1. The number of ether oxygens (including phenoxy) is 2. The third-order valence-electron chi connectivity index (χ3n) is 4.92. The van der Waals surface area contributed by atoms with Gasteiger partial charge in [0.1, 0.15) is 23.4 Å². The summed E-state index contributed by atoms with van der Waals surface area (Å²) >= 11 is 0. The quantitative estimate of drug-likeness (QED) is 0.235. The minimum absolute atomic E-state index is 0.0315. The lowest BCUT2D eigenvalue weighted by atomic mass is 10.0. The van der Waals surface area contributed by atoms with Crippen LogP contribution in [0.3, 0.4) is 0 Å². The summed E-state index contributed by atoms with van der Waals surface area (Å²) in [5.74, 6) is 0.0722. The van der Waals surface area contributed by atoms with E-state index in [0.717, 1.165) is 0 Å². The summed E-state index contributed by atoms with van der Waals surface area (Å²) < 4.78 is 39.1. The zero-order valence-electron chi connectivity index (χ0n) is 19.4. The molecule has 1 amide bonds. The van der Waals surface area contributed by atoms with Crippen molar-refractivity contribution in [3.8, 4) is 11.5 Å². The average Bonchev–Trinajstić information content (AvgIpc) is 2.83. The van der Waals surface area contributed by atoms with Crippen molar-refractivity contribution in [3.05, 3.63) is 83.9 Å². The molecule has 0 bridgehead atoms. The molecule has 184 valence electrons. The molecule has 0 aliphatic carbocycles. The highest BCUT2D eigenvalue weighted by atomic mass is 32.2. The van der Waals surface area contributed by atoms with Crippen LogP contribution in [0.25, 0.3) is 0 Å². The van der Waals surface area contributed by atoms with Gasteiger partial charge in [0.2, 0.25) is 0 Å². The summed E-state index contributed by atoms with van der Waals surface area (Å²) in [4.78, 5) is 13.3. The molecule has 0 saturated carbocycles. The average molecular weight is 497 g/mol. The highest BCUT2D eigenvalue weighted by molar-refractivity contribution is 7.90. The van der Waals surface area contributed by atoms with Crippen molar-refractivity contribution >= 4 is 27.5 Å². The molecule has 0 aliphatic heterocycles. The minimum Gasteiger partial charge on any atom is -0.494 e. The summed E-state index contributed by atoms with van der Waals surface area (Å²) in [6.07, 6.45) is 0. The monoisotopic (exact) mass is 496 g/mol. The number of nitrogens with one attached hydrogen (secondary N) is 3. The molecule has 0 saturated heterocycles. The van der Waals surface area contributed by atoms with Crippen molar-refractivity contribution in [2.45, 2.75) is 24.8 Å². The van der Waals surface area contributed by atoms with E-state index in [0.29, 0.717) is 41.5 Å². The Balaban J connectivity index is 2.01. The van der Waals surface area contributed by atoms with Gasteiger partial charge in [-0.2, -0.15) is 0 Å². The highest BCUT2D eigenvalue weighted by Gasteiger charge is 2.27. The predicted octanol–water partition coefficient (Wildman–Crippen LogP) is 3.43. The molecule has 3 rings (SSSR count). The lowest BCUT2D eigenvalue weighted by molar-refractivity contribution is -0.120. The lowest BCUT2D eigenvalue weighted by Crippen LogP contribution is -2.37. The first kappa shape index (κ1) is 25.6. The Morgan fingerprint density at radius 1 is 0.943 bits per heavy atom. The van der Waals surface area contributed by atoms with Crippen LogP contribution in [0.15, 0.2) is 77.7 Å². The van der Waals surface area contributed by atoms with E-state index in [1.165, 1.54) is 12.1 Å². The Labute approximate surface area is 204 Å². The highest BCUT2D eigenvalue weighted by Crippen LogP contribution is 2.30. The van der Waals surface area contributed by atoms with E-state index < -0.39 is 22.0 Å². The molecule has 0 fully saturated rings. The molecule has 5 N–H and O–H groups in total. The molecule has 0 spiro atoms.